The van der Waals surface area contributed by atoms with Crippen molar-refractivity contribution in [3.8, 4) is 0 Å². The van der Waals surface area contributed by atoms with Crippen LogP contribution in [0.1, 0.15) is 45.4 Å². The molecule has 1 unspecified atom stereocenters. The molecule has 0 aliphatic heterocycles. The van der Waals surface area contributed by atoms with Gasteiger partial charge in [-0.05, 0) is 38.5 Å². The van der Waals surface area contributed by atoms with Crippen LogP contribution in [0.5, 0.6) is 0 Å². The van der Waals surface area contributed by atoms with E-state index in [2.05, 4.69) is 6.58 Å². The Morgan fingerprint density at radius 1 is 1.57 bits per heavy atom. The van der Waals surface area contributed by atoms with Crippen molar-refractivity contribution in [2.24, 2.45) is 5.92 Å². The Balaban J connectivity index is 2.22. The molecule has 14 heavy (non-hydrogen) atoms. The molecule has 0 aromatic carbocycles. The molecule has 1 atom stereocenters. The molecule has 1 aliphatic carbocycles. The highest BCUT2D eigenvalue weighted by Gasteiger charge is 2.18. The molecule has 80 valence electrons. The summed E-state index contributed by atoms with van der Waals surface area (Å²) >= 11 is 0. The average Bonchev–Trinajstić information content (AvgIpc) is 2.17. The summed E-state index contributed by atoms with van der Waals surface area (Å²) in [5, 5.41) is 0. The molecular weight excluding hydrogens is 176 g/mol. The fourth-order valence-corrected chi connectivity index (χ4v) is 2.02. The molecule has 1 saturated carbocycles. The molecular formula is C12H20O2. The number of ether oxygens (including phenoxy) is 1. The van der Waals surface area contributed by atoms with E-state index in [1.807, 2.05) is 6.92 Å². The van der Waals surface area contributed by atoms with Gasteiger partial charge in [0.2, 0.25) is 0 Å². The van der Waals surface area contributed by atoms with Gasteiger partial charge in [0.1, 0.15) is 0 Å². The van der Waals surface area contributed by atoms with Crippen LogP contribution in [0.2, 0.25) is 0 Å². The predicted octanol–water partition coefficient (Wildman–Crippen LogP) is 3.08. The molecule has 0 spiro atoms. The van der Waals surface area contributed by atoms with E-state index in [4.69, 9.17) is 4.74 Å². The van der Waals surface area contributed by atoms with E-state index >= 15 is 0 Å². The number of hydrogen-bond acceptors (Lipinski definition) is 2. The summed E-state index contributed by atoms with van der Waals surface area (Å²) < 4.78 is 4.90. The zero-order valence-electron chi connectivity index (χ0n) is 9.05. The maximum absolute atomic E-state index is 11.1. The highest BCUT2D eigenvalue weighted by atomic mass is 16.5. The van der Waals surface area contributed by atoms with E-state index in [-0.39, 0.29) is 5.97 Å². The molecule has 0 aromatic rings. The number of rotatable bonds is 4. The second kappa shape index (κ2) is 5.84. The van der Waals surface area contributed by atoms with E-state index in [0.717, 1.165) is 12.8 Å². The zero-order chi connectivity index (χ0) is 10.4. The summed E-state index contributed by atoms with van der Waals surface area (Å²) in [6.45, 7) is 6.40. The first-order valence-corrected chi connectivity index (χ1v) is 5.57. The third kappa shape index (κ3) is 3.52. The second-order valence-corrected chi connectivity index (χ2v) is 3.94. The minimum absolute atomic E-state index is 0.0640. The van der Waals surface area contributed by atoms with Gasteiger partial charge in [0, 0.05) is 6.42 Å². The van der Waals surface area contributed by atoms with Gasteiger partial charge in [0.05, 0.1) is 6.61 Å². The maximum Gasteiger partial charge on any atom is 0.305 e. The van der Waals surface area contributed by atoms with Gasteiger partial charge in [0.25, 0.3) is 0 Å². The molecule has 0 aromatic heterocycles. The number of esters is 1. The van der Waals surface area contributed by atoms with Gasteiger partial charge >= 0.3 is 5.97 Å². The fourth-order valence-electron chi connectivity index (χ4n) is 2.02. The Morgan fingerprint density at radius 3 is 3.00 bits per heavy atom. The van der Waals surface area contributed by atoms with Crippen molar-refractivity contribution in [2.75, 3.05) is 6.61 Å². The molecule has 2 nitrogen and oxygen atoms in total. The molecule has 1 fully saturated rings. The predicted molar refractivity (Wildman–Crippen MR) is 57.0 cm³/mol. The Hall–Kier alpha value is -0.790. The fraction of sp³-hybridized carbons (Fsp3) is 0.750. The van der Waals surface area contributed by atoms with Crippen LogP contribution in [-0.4, -0.2) is 12.6 Å². The summed E-state index contributed by atoms with van der Waals surface area (Å²) in [4.78, 5) is 11.1. The van der Waals surface area contributed by atoms with Crippen molar-refractivity contribution < 1.29 is 9.53 Å². The second-order valence-electron chi connectivity index (χ2n) is 3.94. The van der Waals surface area contributed by atoms with Crippen molar-refractivity contribution in [3.63, 3.8) is 0 Å². The topological polar surface area (TPSA) is 26.3 Å². The number of carbonyl (C=O) groups is 1. The Morgan fingerprint density at radius 2 is 2.36 bits per heavy atom. The van der Waals surface area contributed by atoms with Crippen molar-refractivity contribution in [2.45, 2.75) is 45.4 Å². The van der Waals surface area contributed by atoms with Crippen LogP contribution >= 0.6 is 0 Å². The lowest BCUT2D eigenvalue weighted by atomic mass is 9.82. The minimum atomic E-state index is -0.0640. The highest BCUT2D eigenvalue weighted by Crippen LogP contribution is 2.31. The lowest BCUT2D eigenvalue weighted by Gasteiger charge is -2.23. The lowest BCUT2D eigenvalue weighted by Crippen LogP contribution is -2.12. The monoisotopic (exact) mass is 196 g/mol. The molecule has 1 rings (SSSR count). The van der Waals surface area contributed by atoms with Crippen LogP contribution in [0.25, 0.3) is 0 Å². The molecule has 0 amide bonds. The Kier molecular flexibility index (Phi) is 4.71. The van der Waals surface area contributed by atoms with Crippen LogP contribution in [0.15, 0.2) is 12.2 Å². The zero-order valence-corrected chi connectivity index (χ0v) is 9.05. The molecule has 0 heterocycles. The molecule has 1 aliphatic rings. The van der Waals surface area contributed by atoms with Gasteiger partial charge in [-0.2, -0.15) is 0 Å². The van der Waals surface area contributed by atoms with Crippen molar-refractivity contribution >= 4 is 5.97 Å². The van der Waals surface area contributed by atoms with Crippen molar-refractivity contribution in [3.05, 3.63) is 12.2 Å². The largest absolute Gasteiger partial charge is 0.466 e. The van der Waals surface area contributed by atoms with E-state index in [1.54, 1.807) is 0 Å². The molecule has 0 saturated heterocycles. The van der Waals surface area contributed by atoms with Gasteiger partial charge < -0.3 is 4.74 Å². The van der Waals surface area contributed by atoms with Crippen LogP contribution < -0.4 is 0 Å². The smallest absolute Gasteiger partial charge is 0.305 e. The summed E-state index contributed by atoms with van der Waals surface area (Å²) in [6.07, 6.45) is 6.39. The Bertz CT molecular complexity index is 208. The third-order valence-corrected chi connectivity index (χ3v) is 2.88. The average molecular weight is 196 g/mol. The number of allylic oxidation sites excluding steroid dienone is 1. The van der Waals surface area contributed by atoms with Gasteiger partial charge in [0.15, 0.2) is 0 Å². The first kappa shape index (κ1) is 11.3. The number of hydrogen-bond donors (Lipinski definition) is 0. The van der Waals surface area contributed by atoms with Crippen LogP contribution in [-0.2, 0) is 9.53 Å². The Labute approximate surface area is 86.3 Å². The van der Waals surface area contributed by atoms with Gasteiger partial charge in [-0.15, -0.1) is 0 Å². The van der Waals surface area contributed by atoms with E-state index in [9.17, 15) is 4.79 Å². The normalized spacial score (nSPS) is 22.1. The van der Waals surface area contributed by atoms with E-state index in [1.165, 1.54) is 24.8 Å². The summed E-state index contributed by atoms with van der Waals surface area (Å²) in [5.74, 6) is 0.499. The summed E-state index contributed by atoms with van der Waals surface area (Å²) in [6, 6.07) is 0. The summed E-state index contributed by atoms with van der Waals surface area (Å²) in [5.41, 5.74) is 1.33. The minimum Gasteiger partial charge on any atom is -0.466 e. The molecule has 0 bridgehead atoms. The van der Waals surface area contributed by atoms with E-state index in [0.29, 0.717) is 18.9 Å². The molecule has 2 heteroatoms. The molecule has 0 radical (unpaired) electrons. The van der Waals surface area contributed by atoms with Crippen LogP contribution in [0.3, 0.4) is 0 Å². The van der Waals surface area contributed by atoms with Crippen LogP contribution in [0, 0.1) is 5.92 Å². The lowest BCUT2D eigenvalue weighted by molar-refractivity contribution is -0.143. The quantitative estimate of drug-likeness (QED) is 0.510. The van der Waals surface area contributed by atoms with Crippen LogP contribution in [0.4, 0.5) is 0 Å². The first-order valence-electron chi connectivity index (χ1n) is 5.57. The standard InChI is InChI=1S/C12H20O2/c1-3-14-12(13)9-8-11-7-5-4-6-10(11)2/h11H,2-9H2,1H3. The SMILES string of the molecule is C=C1CCCCC1CCC(=O)OCC. The number of carbonyl (C=O) groups excluding carboxylic acids is 1. The van der Waals surface area contributed by atoms with E-state index < -0.39 is 0 Å². The highest BCUT2D eigenvalue weighted by molar-refractivity contribution is 5.69. The van der Waals surface area contributed by atoms with Gasteiger partial charge in [-0.1, -0.05) is 18.6 Å². The van der Waals surface area contributed by atoms with Crippen molar-refractivity contribution in [1.82, 2.24) is 0 Å². The first-order chi connectivity index (χ1) is 6.74. The van der Waals surface area contributed by atoms with Gasteiger partial charge in [-0.3, -0.25) is 4.79 Å². The maximum atomic E-state index is 11.1. The summed E-state index contributed by atoms with van der Waals surface area (Å²) in [7, 11) is 0. The third-order valence-electron chi connectivity index (χ3n) is 2.88. The van der Waals surface area contributed by atoms with Crippen molar-refractivity contribution in [1.29, 1.82) is 0 Å². The molecule has 0 N–H and O–H groups in total. The van der Waals surface area contributed by atoms with Gasteiger partial charge in [-0.25, -0.2) is 0 Å².